The van der Waals surface area contributed by atoms with Gasteiger partial charge in [0, 0.05) is 16.3 Å². The molecule has 6 heteroatoms. The Hall–Kier alpha value is -3.74. The van der Waals surface area contributed by atoms with Gasteiger partial charge in [-0.15, -0.1) is 0 Å². The SMILES string of the molecule is CC(C)(O)C(C)(C)O[B]c1cccc2c1oc1c(-c3ccc4c(c3)Oc3ccccc3O4)cccc12. The summed E-state index contributed by atoms with van der Waals surface area (Å²) in [6.45, 7) is 7.20. The predicted octanol–water partition coefficient (Wildman–Crippen LogP) is 6.96. The molecule has 2 heterocycles. The third-order valence-electron chi connectivity index (χ3n) is 7.05. The number of rotatable bonds is 5. The Labute approximate surface area is 210 Å². The quantitative estimate of drug-likeness (QED) is 0.272. The molecule has 36 heavy (non-hydrogen) atoms. The maximum absolute atomic E-state index is 10.5. The fourth-order valence-corrected chi connectivity index (χ4v) is 4.21. The highest BCUT2D eigenvalue weighted by Gasteiger charge is 2.36. The van der Waals surface area contributed by atoms with Crippen molar-refractivity contribution in [3.63, 3.8) is 0 Å². The van der Waals surface area contributed by atoms with E-state index in [0.717, 1.165) is 38.5 Å². The van der Waals surface area contributed by atoms with E-state index in [-0.39, 0.29) is 0 Å². The first-order valence-corrected chi connectivity index (χ1v) is 12.0. The van der Waals surface area contributed by atoms with E-state index >= 15 is 0 Å². The van der Waals surface area contributed by atoms with E-state index in [1.165, 1.54) is 0 Å². The highest BCUT2D eigenvalue weighted by atomic mass is 16.6. The smallest absolute Gasteiger partial charge is 0.334 e. The van der Waals surface area contributed by atoms with Crippen LogP contribution in [0.4, 0.5) is 0 Å². The molecular weight excluding hydrogens is 451 g/mol. The van der Waals surface area contributed by atoms with E-state index < -0.39 is 11.2 Å². The topological polar surface area (TPSA) is 61.1 Å². The van der Waals surface area contributed by atoms with Crippen LogP contribution >= 0.6 is 0 Å². The summed E-state index contributed by atoms with van der Waals surface area (Å²) in [7, 11) is 1.67. The molecule has 179 valence electrons. The summed E-state index contributed by atoms with van der Waals surface area (Å²) in [6.07, 6.45) is 0. The molecule has 0 spiro atoms. The number of hydrogen-bond acceptors (Lipinski definition) is 5. The first kappa shape index (κ1) is 22.7. The molecular formula is C30H26BO5. The van der Waals surface area contributed by atoms with E-state index in [1.807, 2.05) is 86.6 Å². The fourth-order valence-electron chi connectivity index (χ4n) is 4.21. The van der Waals surface area contributed by atoms with Gasteiger partial charge in [0.1, 0.15) is 11.2 Å². The van der Waals surface area contributed by atoms with Crippen LogP contribution in [0.3, 0.4) is 0 Å². The Morgan fingerprint density at radius 2 is 1.33 bits per heavy atom. The largest absolute Gasteiger partial charge is 0.456 e. The number of fused-ring (bicyclic) bond motifs is 5. The molecule has 0 atom stereocenters. The molecule has 1 radical (unpaired) electrons. The molecule has 0 amide bonds. The van der Waals surface area contributed by atoms with Crippen molar-refractivity contribution in [3.8, 4) is 34.1 Å². The zero-order chi connectivity index (χ0) is 25.1. The van der Waals surface area contributed by atoms with Gasteiger partial charge in [-0.05, 0) is 63.0 Å². The molecule has 6 rings (SSSR count). The normalized spacial score (nSPS) is 13.1. The average Bonchev–Trinajstić information content (AvgIpc) is 3.25. The molecule has 0 unspecified atom stereocenters. The third-order valence-corrected chi connectivity index (χ3v) is 7.05. The molecule has 0 bridgehead atoms. The van der Waals surface area contributed by atoms with E-state index in [4.69, 9.17) is 18.5 Å². The lowest BCUT2D eigenvalue weighted by Crippen LogP contribution is -2.49. The molecule has 0 fully saturated rings. The van der Waals surface area contributed by atoms with Crippen molar-refractivity contribution in [2.24, 2.45) is 0 Å². The Balaban J connectivity index is 1.40. The van der Waals surface area contributed by atoms with Gasteiger partial charge < -0.3 is 23.7 Å². The molecule has 1 aliphatic heterocycles. The molecule has 1 N–H and O–H groups in total. The summed E-state index contributed by atoms with van der Waals surface area (Å²) in [5.74, 6) is 2.74. The van der Waals surface area contributed by atoms with Crippen LogP contribution in [-0.2, 0) is 4.65 Å². The maximum atomic E-state index is 10.5. The minimum atomic E-state index is -1.02. The van der Waals surface area contributed by atoms with Crippen molar-refractivity contribution in [3.05, 3.63) is 78.9 Å². The van der Waals surface area contributed by atoms with Gasteiger partial charge in [0.25, 0.3) is 0 Å². The van der Waals surface area contributed by atoms with Crippen LogP contribution in [0.5, 0.6) is 23.0 Å². The zero-order valence-corrected chi connectivity index (χ0v) is 20.7. The molecule has 5 nitrogen and oxygen atoms in total. The Morgan fingerprint density at radius 3 is 2.06 bits per heavy atom. The van der Waals surface area contributed by atoms with Crippen molar-refractivity contribution < 1.29 is 23.7 Å². The van der Waals surface area contributed by atoms with Crippen LogP contribution in [0.25, 0.3) is 33.1 Å². The number of hydrogen-bond donors (Lipinski definition) is 1. The van der Waals surface area contributed by atoms with Gasteiger partial charge in [-0.2, -0.15) is 0 Å². The zero-order valence-electron chi connectivity index (χ0n) is 20.7. The lowest BCUT2D eigenvalue weighted by molar-refractivity contribution is -0.0893. The predicted molar refractivity (Wildman–Crippen MR) is 143 cm³/mol. The summed E-state index contributed by atoms with van der Waals surface area (Å²) >= 11 is 0. The molecule has 5 aromatic rings. The number of aliphatic hydroxyl groups is 1. The second-order valence-corrected chi connectivity index (χ2v) is 10.1. The molecule has 4 aromatic carbocycles. The molecule has 1 aromatic heterocycles. The van der Waals surface area contributed by atoms with Gasteiger partial charge in [0.2, 0.25) is 0 Å². The van der Waals surface area contributed by atoms with Crippen molar-refractivity contribution in [1.29, 1.82) is 0 Å². The van der Waals surface area contributed by atoms with Gasteiger partial charge in [-0.3, -0.25) is 0 Å². The second kappa shape index (κ2) is 8.15. The number of furan rings is 1. The summed E-state index contributed by atoms with van der Waals surface area (Å²) in [5, 5.41) is 12.5. The van der Waals surface area contributed by atoms with Crippen molar-refractivity contribution >= 4 is 34.9 Å². The number of para-hydroxylation sites is 4. The van der Waals surface area contributed by atoms with Crippen LogP contribution in [0.2, 0.25) is 0 Å². The lowest BCUT2D eigenvalue weighted by atomic mass is 9.82. The summed E-state index contributed by atoms with van der Waals surface area (Å²) < 4.78 is 24.6. The first-order valence-electron chi connectivity index (χ1n) is 12.0. The highest BCUT2D eigenvalue weighted by molar-refractivity contribution is 6.51. The average molecular weight is 477 g/mol. The molecule has 1 aliphatic rings. The maximum Gasteiger partial charge on any atom is 0.334 e. The van der Waals surface area contributed by atoms with Gasteiger partial charge >= 0.3 is 7.48 Å². The lowest BCUT2D eigenvalue weighted by Gasteiger charge is -2.37. The summed E-state index contributed by atoms with van der Waals surface area (Å²) in [6, 6.07) is 25.7. The number of benzene rings is 4. The van der Waals surface area contributed by atoms with Crippen LogP contribution in [0.15, 0.2) is 83.3 Å². The van der Waals surface area contributed by atoms with E-state index in [0.29, 0.717) is 23.0 Å². The monoisotopic (exact) mass is 477 g/mol. The molecule has 0 aliphatic carbocycles. The number of ether oxygens (including phenoxy) is 2. The summed E-state index contributed by atoms with van der Waals surface area (Å²) in [5.41, 5.74) is 2.45. The molecule has 0 saturated heterocycles. The second-order valence-electron chi connectivity index (χ2n) is 10.1. The highest BCUT2D eigenvalue weighted by Crippen LogP contribution is 2.47. The standard InChI is InChI=1S/C30H26BO5/c1-29(2,32)30(3,4)36-31-22-12-8-11-21-20-10-7-9-19(27(20)35-28(21)22)18-15-16-25-26(17-18)34-24-14-6-5-13-23(24)33-25/h5-17,32H,1-4H3. The van der Waals surface area contributed by atoms with Crippen molar-refractivity contribution in [1.82, 2.24) is 0 Å². The van der Waals surface area contributed by atoms with Gasteiger partial charge in [0.05, 0.1) is 11.2 Å². The Kier molecular flexibility index (Phi) is 5.14. The minimum absolute atomic E-state index is 0.663. The van der Waals surface area contributed by atoms with Gasteiger partial charge in [0.15, 0.2) is 23.0 Å². The van der Waals surface area contributed by atoms with Crippen molar-refractivity contribution in [2.45, 2.75) is 38.9 Å². The Morgan fingerprint density at radius 1 is 0.694 bits per heavy atom. The van der Waals surface area contributed by atoms with Crippen LogP contribution in [-0.4, -0.2) is 23.8 Å². The molecule has 0 saturated carbocycles. The van der Waals surface area contributed by atoms with E-state index in [9.17, 15) is 5.11 Å². The van der Waals surface area contributed by atoms with Crippen LogP contribution in [0.1, 0.15) is 27.7 Å². The fraction of sp³-hybridized carbons (Fsp3) is 0.200. The Bertz CT molecular complexity index is 1610. The van der Waals surface area contributed by atoms with E-state index in [2.05, 4.69) is 6.07 Å². The van der Waals surface area contributed by atoms with Gasteiger partial charge in [-0.1, -0.05) is 54.6 Å². The minimum Gasteiger partial charge on any atom is -0.456 e. The van der Waals surface area contributed by atoms with Crippen LogP contribution < -0.4 is 14.9 Å². The summed E-state index contributed by atoms with van der Waals surface area (Å²) in [4.78, 5) is 0. The van der Waals surface area contributed by atoms with Crippen molar-refractivity contribution in [2.75, 3.05) is 0 Å². The van der Waals surface area contributed by atoms with Crippen LogP contribution in [0, 0.1) is 0 Å². The van der Waals surface area contributed by atoms with E-state index in [1.54, 1.807) is 21.3 Å². The first-order chi connectivity index (χ1) is 17.2. The third kappa shape index (κ3) is 3.74. The van der Waals surface area contributed by atoms with Gasteiger partial charge in [-0.25, -0.2) is 0 Å².